The summed E-state index contributed by atoms with van der Waals surface area (Å²) in [5.74, 6) is 0. The van der Waals surface area contributed by atoms with Crippen LogP contribution in [0, 0.1) is 0 Å². The number of aliphatic hydroxyl groups is 1. The second kappa shape index (κ2) is 4.03. The Balaban J connectivity index is 3.20. The van der Waals surface area contributed by atoms with E-state index < -0.39 is 6.10 Å². The fourth-order valence-electron chi connectivity index (χ4n) is 1.33. The highest BCUT2D eigenvalue weighted by Gasteiger charge is 2.16. The quantitative estimate of drug-likeness (QED) is 0.811. The summed E-state index contributed by atoms with van der Waals surface area (Å²) in [6, 6.07) is 6.16. The van der Waals surface area contributed by atoms with Crippen molar-refractivity contribution in [2.45, 2.75) is 39.2 Å². The average molecular weight is 257 g/mol. The molecular formula is C12H17BrO. The maximum absolute atomic E-state index is 9.56. The van der Waals surface area contributed by atoms with Crippen molar-refractivity contribution in [2.75, 3.05) is 0 Å². The molecule has 78 valence electrons. The maximum atomic E-state index is 9.56. The fourth-order valence-corrected chi connectivity index (χ4v) is 1.91. The summed E-state index contributed by atoms with van der Waals surface area (Å²) < 4.78 is 0.973. The molecule has 0 aliphatic carbocycles. The van der Waals surface area contributed by atoms with Crippen LogP contribution < -0.4 is 0 Å². The number of hydrogen-bond donors (Lipinski definition) is 1. The van der Waals surface area contributed by atoms with Crippen molar-refractivity contribution in [3.05, 3.63) is 33.8 Å². The summed E-state index contributed by atoms with van der Waals surface area (Å²) in [7, 11) is 0. The Bertz CT molecular complexity index is 324. The van der Waals surface area contributed by atoms with Crippen LogP contribution in [-0.2, 0) is 5.41 Å². The number of rotatable bonds is 1. The molecule has 0 spiro atoms. The average Bonchev–Trinajstić information content (AvgIpc) is 2.02. The molecule has 2 heteroatoms. The van der Waals surface area contributed by atoms with Crippen molar-refractivity contribution in [1.82, 2.24) is 0 Å². The van der Waals surface area contributed by atoms with Crippen molar-refractivity contribution < 1.29 is 5.11 Å². The van der Waals surface area contributed by atoms with Gasteiger partial charge in [0.2, 0.25) is 0 Å². The van der Waals surface area contributed by atoms with Crippen LogP contribution in [0.3, 0.4) is 0 Å². The smallest absolute Gasteiger partial charge is 0.0772 e. The second-order valence-electron chi connectivity index (χ2n) is 4.66. The zero-order valence-corrected chi connectivity index (χ0v) is 10.7. The van der Waals surface area contributed by atoms with Crippen molar-refractivity contribution in [3.8, 4) is 0 Å². The van der Waals surface area contributed by atoms with E-state index >= 15 is 0 Å². The summed E-state index contributed by atoms with van der Waals surface area (Å²) in [4.78, 5) is 0. The highest BCUT2D eigenvalue weighted by Crippen LogP contribution is 2.29. The van der Waals surface area contributed by atoms with E-state index in [1.807, 2.05) is 6.07 Å². The highest BCUT2D eigenvalue weighted by atomic mass is 79.9. The summed E-state index contributed by atoms with van der Waals surface area (Å²) >= 11 is 3.44. The Morgan fingerprint density at radius 3 is 2.29 bits per heavy atom. The molecule has 1 unspecified atom stereocenters. The topological polar surface area (TPSA) is 20.2 Å². The Hall–Kier alpha value is -0.340. The van der Waals surface area contributed by atoms with Gasteiger partial charge in [0.05, 0.1) is 6.10 Å². The predicted molar refractivity (Wildman–Crippen MR) is 63.5 cm³/mol. The molecule has 0 fully saturated rings. The lowest BCUT2D eigenvalue weighted by Gasteiger charge is -2.21. The third kappa shape index (κ3) is 2.58. The van der Waals surface area contributed by atoms with E-state index in [1.54, 1.807) is 6.92 Å². The number of aliphatic hydroxyl groups excluding tert-OH is 1. The van der Waals surface area contributed by atoms with Gasteiger partial charge in [-0.3, -0.25) is 0 Å². The predicted octanol–water partition coefficient (Wildman–Crippen LogP) is 3.80. The van der Waals surface area contributed by atoms with Crippen LogP contribution in [-0.4, -0.2) is 5.11 Å². The first-order chi connectivity index (χ1) is 6.32. The maximum Gasteiger partial charge on any atom is 0.0772 e. The monoisotopic (exact) mass is 256 g/mol. The fraction of sp³-hybridized carbons (Fsp3) is 0.500. The third-order valence-corrected chi connectivity index (χ3v) is 3.03. The zero-order valence-electron chi connectivity index (χ0n) is 9.13. The van der Waals surface area contributed by atoms with Gasteiger partial charge in [-0.15, -0.1) is 0 Å². The van der Waals surface area contributed by atoms with Gasteiger partial charge >= 0.3 is 0 Å². The molecule has 0 aliphatic heterocycles. The van der Waals surface area contributed by atoms with Gasteiger partial charge in [0, 0.05) is 4.47 Å². The first-order valence-corrected chi connectivity index (χ1v) is 5.59. The third-order valence-electron chi connectivity index (χ3n) is 2.31. The Morgan fingerprint density at radius 1 is 1.29 bits per heavy atom. The lowest BCUT2D eigenvalue weighted by molar-refractivity contribution is 0.198. The van der Waals surface area contributed by atoms with Crippen LogP contribution in [0.2, 0.25) is 0 Å². The van der Waals surface area contributed by atoms with E-state index in [-0.39, 0.29) is 5.41 Å². The second-order valence-corrected chi connectivity index (χ2v) is 5.52. The standard InChI is InChI=1S/C12H17BrO/c1-8(14)10-7-9(12(2,3)4)5-6-11(10)13/h5-8,14H,1-4H3. The minimum Gasteiger partial charge on any atom is -0.389 e. The lowest BCUT2D eigenvalue weighted by atomic mass is 9.86. The molecule has 1 aromatic rings. The Morgan fingerprint density at radius 2 is 1.86 bits per heavy atom. The Labute approximate surface area is 94.3 Å². The molecule has 0 amide bonds. The summed E-state index contributed by atoms with van der Waals surface area (Å²) in [6.45, 7) is 8.29. The van der Waals surface area contributed by atoms with Crippen LogP contribution in [0.25, 0.3) is 0 Å². The minimum atomic E-state index is -0.424. The van der Waals surface area contributed by atoms with Gasteiger partial charge in [-0.25, -0.2) is 0 Å². The molecule has 0 aromatic heterocycles. The van der Waals surface area contributed by atoms with Gasteiger partial charge in [-0.1, -0.05) is 48.8 Å². The van der Waals surface area contributed by atoms with Gasteiger partial charge in [-0.2, -0.15) is 0 Å². The highest BCUT2D eigenvalue weighted by molar-refractivity contribution is 9.10. The minimum absolute atomic E-state index is 0.129. The van der Waals surface area contributed by atoms with Crippen LogP contribution in [0.1, 0.15) is 44.9 Å². The van der Waals surface area contributed by atoms with Crippen molar-refractivity contribution >= 4 is 15.9 Å². The molecule has 0 saturated carbocycles. The van der Waals surface area contributed by atoms with E-state index in [9.17, 15) is 5.11 Å². The lowest BCUT2D eigenvalue weighted by Crippen LogP contribution is -2.11. The molecule has 1 aromatic carbocycles. The Kier molecular flexibility index (Phi) is 3.38. The number of halogens is 1. The van der Waals surface area contributed by atoms with Gasteiger partial charge < -0.3 is 5.11 Å². The van der Waals surface area contributed by atoms with E-state index in [1.165, 1.54) is 5.56 Å². The van der Waals surface area contributed by atoms with Gasteiger partial charge in [0.15, 0.2) is 0 Å². The van der Waals surface area contributed by atoms with E-state index in [0.717, 1.165) is 10.0 Å². The van der Waals surface area contributed by atoms with E-state index in [0.29, 0.717) is 0 Å². The number of benzene rings is 1. The van der Waals surface area contributed by atoms with Gasteiger partial charge in [0.1, 0.15) is 0 Å². The molecule has 0 saturated heterocycles. The normalized spacial score (nSPS) is 14.1. The molecule has 0 bridgehead atoms. The largest absolute Gasteiger partial charge is 0.389 e. The molecule has 1 rings (SSSR count). The van der Waals surface area contributed by atoms with Gasteiger partial charge in [0.25, 0.3) is 0 Å². The van der Waals surface area contributed by atoms with Crippen LogP contribution >= 0.6 is 15.9 Å². The van der Waals surface area contributed by atoms with Crippen LogP contribution in [0.5, 0.6) is 0 Å². The summed E-state index contributed by atoms with van der Waals surface area (Å²) in [5, 5.41) is 9.56. The van der Waals surface area contributed by atoms with Crippen molar-refractivity contribution in [2.24, 2.45) is 0 Å². The molecule has 0 aliphatic rings. The zero-order chi connectivity index (χ0) is 10.9. The first-order valence-electron chi connectivity index (χ1n) is 4.80. The molecular weight excluding hydrogens is 240 g/mol. The molecule has 0 heterocycles. The van der Waals surface area contributed by atoms with Crippen molar-refractivity contribution in [1.29, 1.82) is 0 Å². The molecule has 1 atom stereocenters. The molecule has 1 nitrogen and oxygen atoms in total. The molecule has 0 radical (unpaired) electrons. The van der Waals surface area contributed by atoms with E-state index in [4.69, 9.17) is 0 Å². The van der Waals surface area contributed by atoms with Crippen molar-refractivity contribution in [3.63, 3.8) is 0 Å². The summed E-state index contributed by atoms with van der Waals surface area (Å²) in [6.07, 6.45) is -0.424. The van der Waals surface area contributed by atoms with Crippen LogP contribution in [0.15, 0.2) is 22.7 Å². The SMILES string of the molecule is CC(O)c1cc(C(C)(C)C)ccc1Br. The molecule has 14 heavy (non-hydrogen) atoms. The molecule has 1 N–H and O–H groups in total. The summed E-state index contributed by atoms with van der Waals surface area (Å²) in [5.41, 5.74) is 2.33. The van der Waals surface area contributed by atoms with Crippen LogP contribution in [0.4, 0.5) is 0 Å². The first kappa shape index (κ1) is 11.7. The van der Waals surface area contributed by atoms with Gasteiger partial charge in [-0.05, 0) is 29.5 Å². The van der Waals surface area contributed by atoms with E-state index in [2.05, 4.69) is 48.8 Å². The number of hydrogen-bond acceptors (Lipinski definition) is 1.